The Morgan fingerprint density at radius 3 is 3.09 bits per heavy atom. The summed E-state index contributed by atoms with van der Waals surface area (Å²) in [4.78, 5) is 12.4. The predicted octanol–water partition coefficient (Wildman–Crippen LogP) is 2.71. The maximum atomic E-state index is 12.4. The van der Waals surface area contributed by atoms with Gasteiger partial charge in [-0.15, -0.1) is 0 Å². The normalized spacial score (nSPS) is 17.9. The van der Waals surface area contributed by atoms with Crippen LogP contribution in [0.2, 0.25) is 0 Å². The lowest BCUT2D eigenvalue weighted by Crippen LogP contribution is -2.32. The average Bonchev–Trinajstić information content (AvgIpc) is 3.03. The van der Waals surface area contributed by atoms with Gasteiger partial charge < -0.3 is 16.4 Å². The van der Waals surface area contributed by atoms with E-state index in [1.54, 1.807) is 12.1 Å². The second-order valence-electron chi connectivity index (χ2n) is 5.82. The van der Waals surface area contributed by atoms with Crippen LogP contribution >= 0.6 is 15.9 Å². The van der Waals surface area contributed by atoms with Gasteiger partial charge in [-0.05, 0) is 50.1 Å². The summed E-state index contributed by atoms with van der Waals surface area (Å²) in [6.45, 7) is 3.84. The van der Waals surface area contributed by atoms with E-state index in [-0.39, 0.29) is 5.91 Å². The average molecular weight is 378 g/mol. The monoisotopic (exact) mass is 377 g/mol. The van der Waals surface area contributed by atoms with E-state index in [9.17, 15) is 4.79 Å². The zero-order valence-corrected chi connectivity index (χ0v) is 14.6. The van der Waals surface area contributed by atoms with E-state index in [0.29, 0.717) is 23.1 Å². The Kier molecular flexibility index (Phi) is 4.68. The molecule has 0 aliphatic carbocycles. The molecule has 1 aromatic heterocycles. The van der Waals surface area contributed by atoms with Crippen molar-refractivity contribution in [2.75, 3.05) is 24.1 Å². The van der Waals surface area contributed by atoms with Crippen LogP contribution in [0.25, 0.3) is 0 Å². The van der Waals surface area contributed by atoms with Crippen molar-refractivity contribution in [3.63, 3.8) is 0 Å². The van der Waals surface area contributed by atoms with Crippen molar-refractivity contribution in [3.8, 4) is 0 Å². The molecule has 0 radical (unpaired) electrons. The maximum Gasteiger partial charge on any atom is 0.276 e. The number of piperidine rings is 1. The minimum atomic E-state index is -0.253. The number of amides is 1. The molecular weight excluding hydrogens is 358 g/mol. The second-order valence-corrected chi connectivity index (χ2v) is 6.73. The van der Waals surface area contributed by atoms with Crippen LogP contribution < -0.4 is 16.4 Å². The fourth-order valence-corrected chi connectivity index (χ4v) is 3.34. The van der Waals surface area contributed by atoms with E-state index in [1.165, 1.54) is 0 Å². The van der Waals surface area contributed by atoms with E-state index in [1.807, 2.05) is 23.9 Å². The topological polar surface area (TPSA) is 85.0 Å². The Balaban J connectivity index is 1.75. The standard InChI is InChI=1S/C16H20BrN5O/c1-10-7-11(17)8-14(15(10)18)20-16(23)13-4-6-22(21-13)12-3-2-5-19-9-12/h4,6-8,12,19H,2-3,5,9,18H2,1H3,(H,20,23). The fourth-order valence-electron chi connectivity index (χ4n) is 2.77. The second kappa shape index (κ2) is 6.72. The summed E-state index contributed by atoms with van der Waals surface area (Å²) in [5.41, 5.74) is 8.50. The third-order valence-corrected chi connectivity index (χ3v) is 4.54. The summed E-state index contributed by atoms with van der Waals surface area (Å²) < 4.78 is 2.75. The lowest BCUT2D eigenvalue weighted by molar-refractivity contribution is 0.102. The molecule has 7 heteroatoms. The maximum absolute atomic E-state index is 12.4. The molecular formula is C16H20BrN5O. The van der Waals surface area contributed by atoms with E-state index in [4.69, 9.17) is 5.73 Å². The molecule has 122 valence electrons. The van der Waals surface area contributed by atoms with E-state index < -0.39 is 0 Å². The van der Waals surface area contributed by atoms with Gasteiger partial charge >= 0.3 is 0 Å². The van der Waals surface area contributed by atoms with Gasteiger partial charge in [-0.1, -0.05) is 15.9 Å². The molecule has 0 bridgehead atoms. The predicted molar refractivity (Wildman–Crippen MR) is 94.6 cm³/mol. The van der Waals surface area contributed by atoms with Crippen molar-refractivity contribution in [2.45, 2.75) is 25.8 Å². The largest absolute Gasteiger partial charge is 0.397 e. The SMILES string of the molecule is Cc1cc(Br)cc(NC(=O)c2ccn(C3CCCNC3)n2)c1N. The van der Waals surface area contributed by atoms with Crippen molar-refractivity contribution in [2.24, 2.45) is 0 Å². The highest BCUT2D eigenvalue weighted by Gasteiger charge is 2.18. The summed E-state index contributed by atoms with van der Waals surface area (Å²) in [5, 5.41) is 10.6. The van der Waals surface area contributed by atoms with Crippen LogP contribution in [0.5, 0.6) is 0 Å². The molecule has 0 spiro atoms. The lowest BCUT2D eigenvalue weighted by atomic mass is 10.1. The number of halogens is 1. The molecule has 1 unspecified atom stereocenters. The van der Waals surface area contributed by atoms with Crippen LogP contribution in [0.3, 0.4) is 0 Å². The first-order chi connectivity index (χ1) is 11.0. The molecule has 4 N–H and O–H groups in total. The third-order valence-electron chi connectivity index (χ3n) is 4.09. The number of carbonyl (C=O) groups is 1. The lowest BCUT2D eigenvalue weighted by Gasteiger charge is -2.22. The molecule has 2 aromatic rings. The Morgan fingerprint density at radius 1 is 1.52 bits per heavy atom. The molecule has 3 rings (SSSR count). The molecule has 6 nitrogen and oxygen atoms in total. The number of nitrogens with two attached hydrogens (primary N) is 1. The van der Waals surface area contributed by atoms with Gasteiger partial charge in [0.05, 0.1) is 17.4 Å². The number of nitrogens with one attached hydrogen (secondary N) is 2. The van der Waals surface area contributed by atoms with Gasteiger partial charge in [0, 0.05) is 17.2 Å². The van der Waals surface area contributed by atoms with E-state index in [0.717, 1.165) is 36.0 Å². The molecule has 1 amide bonds. The first kappa shape index (κ1) is 16.0. The zero-order valence-electron chi connectivity index (χ0n) is 13.0. The number of hydrogen-bond donors (Lipinski definition) is 3. The number of carbonyl (C=O) groups excluding carboxylic acids is 1. The Bertz CT molecular complexity index is 721. The van der Waals surface area contributed by atoms with Gasteiger partial charge in [0.2, 0.25) is 0 Å². The minimum Gasteiger partial charge on any atom is -0.397 e. The fraction of sp³-hybridized carbons (Fsp3) is 0.375. The molecule has 1 aromatic carbocycles. The van der Waals surface area contributed by atoms with Crippen LogP contribution in [0, 0.1) is 6.92 Å². The summed E-state index contributed by atoms with van der Waals surface area (Å²) in [5.74, 6) is -0.253. The summed E-state index contributed by atoms with van der Waals surface area (Å²) in [6.07, 6.45) is 4.07. The molecule has 1 saturated heterocycles. The summed E-state index contributed by atoms with van der Waals surface area (Å²) in [7, 11) is 0. The number of benzene rings is 1. The van der Waals surface area contributed by atoms with Gasteiger partial charge in [-0.3, -0.25) is 9.48 Å². The zero-order chi connectivity index (χ0) is 16.4. The van der Waals surface area contributed by atoms with Crippen molar-refractivity contribution in [1.82, 2.24) is 15.1 Å². The number of rotatable bonds is 3. The van der Waals surface area contributed by atoms with Crippen LogP contribution in [0.1, 0.15) is 34.9 Å². The van der Waals surface area contributed by atoms with Crippen molar-refractivity contribution >= 4 is 33.2 Å². The molecule has 1 aliphatic rings. The smallest absolute Gasteiger partial charge is 0.276 e. The summed E-state index contributed by atoms with van der Waals surface area (Å²) >= 11 is 3.42. The molecule has 2 heterocycles. The van der Waals surface area contributed by atoms with Gasteiger partial charge in [-0.2, -0.15) is 5.10 Å². The van der Waals surface area contributed by atoms with Crippen molar-refractivity contribution in [1.29, 1.82) is 0 Å². The number of aryl methyl sites for hydroxylation is 1. The number of anilines is 2. The van der Waals surface area contributed by atoms with Crippen LogP contribution in [-0.2, 0) is 0 Å². The highest BCUT2D eigenvalue weighted by atomic mass is 79.9. The third kappa shape index (κ3) is 3.56. The van der Waals surface area contributed by atoms with Crippen LogP contribution in [0.15, 0.2) is 28.9 Å². The Morgan fingerprint density at radius 2 is 2.35 bits per heavy atom. The number of hydrogen-bond acceptors (Lipinski definition) is 4. The van der Waals surface area contributed by atoms with Crippen LogP contribution in [-0.4, -0.2) is 28.8 Å². The van der Waals surface area contributed by atoms with Gasteiger partial charge in [0.1, 0.15) is 0 Å². The first-order valence-corrected chi connectivity index (χ1v) is 8.47. The quantitative estimate of drug-likeness (QED) is 0.717. The van der Waals surface area contributed by atoms with Gasteiger partial charge in [0.15, 0.2) is 5.69 Å². The molecule has 1 atom stereocenters. The Hall–Kier alpha value is -1.86. The minimum absolute atomic E-state index is 0.253. The number of aromatic nitrogens is 2. The molecule has 1 fully saturated rings. The van der Waals surface area contributed by atoms with Crippen molar-refractivity contribution < 1.29 is 4.79 Å². The highest BCUT2D eigenvalue weighted by Crippen LogP contribution is 2.28. The molecule has 0 saturated carbocycles. The van der Waals surface area contributed by atoms with Gasteiger partial charge in [0.25, 0.3) is 5.91 Å². The molecule has 1 aliphatic heterocycles. The number of nitrogens with zero attached hydrogens (tertiary/aromatic N) is 2. The van der Waals surface area contributed by atoms with Crippen molar-refractivity contribution in [3.05, 3.63) is 40.1 Å². The highest BCUT2D eigenvalue weighted by molar-refractivity contribution is 9.10. The first-order valence-electron chi connectivity index (χ1n) is 7.67. The van der Waals surface area contributed by atoms with Gasteiger partial charge in [-0.25, -0.2) is 0 Å². The van der Waals surface area contributed by atoms with Crippen LogP contribution in [0.4, 0.5) is 11.4 Å². The molecule has 23 heavy (non-hydrogen) atoms. The van der Waals surface area contributed by atoms with E-state index in [2.05, 4.69) is 31.7 Å². The Labute approximate surface area is 143 Å². The summed E-state index contributed by atoms with van der Waals surface area (Å²) in [6, 6.07) is 5.76. The number of nitrogen functional groups attached to an aromatic ring is 1. The van der Waals surface area contributed by atoms with E-state index >= 15 is 0 Å².